The van der Waals surface area contributed by atoms with Crippen LogP contribution in [0.5, 0.6) is 0 Å². The molecular formula is C14H19N3O3. The van der Waals surface area contributed by atoms with Crippen LogP contribution < -0.4 is 10.6 Å². The minimum Gasteiger partial charge on any atom is -0.465 e. The summed E-state index contributed by atoms with van der Waals surface area (Å²) in [5, 5.41) is 0. The van der Waals surface area contributed by atoms with Crippen molar-refractivity contribution in [3.8, 4) is 0 Å². The van der Waals surface area contributed by atoms with Gasteiger partial charge in [-0.25, -0.2) is 4.79 Å². The van der Waals surface area contributed by atoms with E-state index in [9.17, 15) is 9.59 Å². The monoisotopic (exact) mass is 277 g/mol. The van der Waals surface area contributed by atoms with Crippen molar-refractivity contribution >= 4 is 23.3 Å². The van der Waals surface area contributed by atoms with Gasteiger partial charge in [-0.15, -0.1) is 0 Å². The minimum atomic E-state index is -0.402. The van der Waals surface area contributed by atoms with E-state index in [2.05, 4.69) is 0 Å². The summed E-state index contributed by atoms with van der Waals surface area (Å²) in [6.45, 7) is 4.12. The van der Waals surface area contributed by atoms with Gasteiger partial charge in [0.15, 0.2) is 0 Å². The van der Waals surface area contributed by atoms with Gasteiger partial charge in [0.2, 0.25) is 5.91 Å². The summed E-state index contributed by atoms with van der Waals surface area (Å²) in [5.41, 5.74) is 7.71. The van der Waals surface area contributed by atoms with Crippen LogP contribution in [0.4, 0.5) is 11.4 Å². The number of nitrogen functional groups attached to an aromatic ring is 1. The lowest BCUT2D eigenvalue weighted by Crippen LogP contribution is -2.48. The topological polar surface area (TPSA) is 75.9 Å². The number of nitrogens with two attached hydrogens (primary N) is 1. The Hall–Kier alpha value is -2.24. The average Bonchev–Trinajstić information content (AvgIpc) is 2.46. The molecule has 0 unspecified atom stereocenters. The number of carbonyl (C=O) groups is 2. The second-order valence-electron chi connectivity index (χ2n) is 4.73. The largest absolute Gasteiger partial charge is 0.465 e. The first-order chi connectivity index (χ1) is 9.54. The molecule has 0 bridgehead atoms. The van der Waals surface area contributed by atoms with E-state index in [4.69, 9.17) is 10.5 Å². The highest BCUT2D eigenvalue weighted by Gasteiger charge is 2.24. The summed E-state index contributed by atoms with van der Waals surface area (Å²) < 4.78 is 4.80. The molecule has 6 heteroatoms. The maximum atomic E-state index is 11.8. The third kappa shape index (κ3) is 2.68. The predicted octanol–water partition coefficient (Wildman–Crippen LogP) is 0.724. The predicted molar refractivity (Wildman–Crippen MR) is 76.7 cm³/mol. The molecule has 1 aromatic rings. The molecule has 2 N–H and O–H groups in total. The van der Waals surface area contributed by atoms with Crippen LogP contribution in [0.15, 0.2) is 18.2 Å². The standard InChI is InChI=1S/C14H19N3O3/c1-10(18)16-6-8-17(9-7-16)13-11(14(19)20-2)4-3-5-12(13)15/h3-5H,6-9,15H2,1-2H3. The minimum absolute atomic E-state index is 0.0684. The molecule has 1 aliphatic rings. The van der Waals surface area contributed by atoms with Gasteiger partial charge < -0.3 is 20.3 Å². The van der Waals surface area contributed by atoms with E-state index in [1.54, 1.807) is 30.0 Å². The van der Waals surface area contributed by atoms with Crippen LogP contribution in [-0.4, -0.2) is 50.1 Å². The van der Waals surface area contributed by atoms with E-state index in [0.29, 0.717) is 43.1 Å². The Balaban J connectivity index is 2.25. The summed E-state index contributed by atoms with van der Waals surface area (Å²) >= 11 is 0. The highest BCUT2D eigenvalue weighted by atomic mass is 16.5. The summed E-state index contributed by atoms with van der Waals surface area (Å²) in [7, 11) is 1.35. The third-order valence-corrected chi connectivity index (χ3v) is 3.51. The molecule has 1 saturated heterocycles. The van der Waals surface area contributed by atoms with Crippen molar-refractivity contribution in [2.75, 3.05) is 43.9 Å². The van der Waals surface area contributed by atoms with Gasteiger partial charge >= 0.3 is 5.97 Å². The molecule has 1 aromatic carbocycles. The molecule has 2 rings (SSSR count). The van der Waals surface area contributed by atoms with E-state index in [1.165, 1.54) is 7.11 Å². The maximum Gasteiger partial charge on any atom is 0.340 e. The molecule has 0 radical (unpaired) electrons. The van der Waals surface area contributed by atoms with Crippen LogP contribution in [-0.2, 0) is 9.53 Å². The van der Waals surface area contributed by atoms with Crippen molar-refractivity contribution < 1.29 is 14.3 Å². The number of methoxy groups -OCH3 is 1. The summed E-state index contributed by atoms with van der Waals surface area (Å²) in [4.78, 5) is 27.0. The van der Waals surface area contributed by atoms with Crippen molar-refractivity contribution in [3.05, 3.63) is 23.8 Å². The lowest BCUT2D eigenvalue weighted by atomic mass is 10.1. The zero-order valence-electron chi connectivity index (χ0n) is 11.8. The second-order valence-corrected chi connectivity index (χ2v) is 4.73. The zero-order chi connectivity index (χ0) is 14.7. The van der Waals surface area contributed by atoms with E-state index in [-0.39, 0.29) is 5.91 Å². The van der Waals surface area contributed by atoms with Crippen molar-refractivity contribution in [2.24, 2.45) is 0 Å². The van der Waals surface area contributed by atoms with Crippen molar-refractivity contribution in [1.82, 2.24) is 4.90 Å². The molecule has 1 heterocycles. The fourth-order valence-electron chi connectivity index (χ4n) is 2.43. The van der Waals surface area contributed by atoms with Crippen molar-refractivity contribution in [3.63, 3.8) is 0 Å². The first-order valence-electron chi connectivity index (χ1n) is 6.52. The number of esters is 1. The van der Waals surface area contributed by atoms with Crippen LogP contribution in [0.3, 0.4) is 0 Å². The van der Waals surface area contributed by atoms with E-state index >= 15 is 0 Å². The third-order valence-electron chi connectivity index (χ3n) is 3.51. The van der Waals surface area contributed by atoms with Gasteiger partial charge in [-0.3, -0.25) is 4.79 Å². The van der Waals surface area contributed by atoms with Crippen LogP contribution in [0.25, 0.3) is 0 Å². The van der Waals surface area contributed by atoms with Crippen LogP contribution >= 0.6 is 0 Å². The summed E-state index contributed by atoms with van der Waals surface area (Å²) in [5.74, 6) is -0.333. The number of ether oxygens (including phenoxy) is 1. The Morgan fingerprint density at radius 1 is 1.20 bits per heavy atom. The molecule has 1 amide bonds. The number of hydrogen-bond donors (Lipinski definition) is 1. The summed E-state index contributed by atoms with van der Waals surface area (Å²) in [6, 6.07) is 5.20. The Morgan fingerprint density at radius 2 is 1.85 bits per heavy atom. The van der Waals surface area contributed by atoms with Crippen LogP contribution in [0, 0.1) is 0 Å². The molecule has 6 nitrogen and oxygen atoms in total. The van der Waals surface area contributed by atoms with Crippen LogP contribution in [0.2, 0.25) is 0 Å². The molecule has 0 aromatic heterocycles. The molecule has 1 fully saturated rings. The van der Waals surface area contributed by atoms with Crippen molar-refractivity contribution in [1.29, 1.82) is 0 Å². The number of para-hydroxylation sites is 1. The summed E-state index contributed by atoms with van der Waals surface area (Å²) in [6.07, 6.45) is 0. The zero-order valence-corrected chi connectivity index (χ0v) is 11.8. The van der Waals surface area contributed by atoms with Gasteiger partial charge in [0.25, 0.3) is 0 Å². The molecule has 0 saturated carbocycles. The SMILES string of the molecule is COC(=O)c1cccc(N)c1N1CCN(C(C)=O)CC1. The molecular weight excluding hydrogens is 258 g/mol. The van der Waals surface area contributed by atoms with Gasteiger partial charge in [0, 0.05) is 33.1 Å². The molecule has 0 spiro atoms. The number of rotatable bonds is 2. The van der Waals surface area contributed by atoms with E-state index in [1.807, 2.05) is 4.90 Å². The van der Waals surface area contributed by atoms with E-state index < -0.39 is 5.97 Å². The number of piperazine rings is 1. The quantitative estimate of drug-likeness (QED) is 0.637. The molecule has 1 aliphatic heterocycles. The molecule has 20 heavy (non-hydrogen) atoms. The smallest absolute Gasteiger partial charge is 0.340 e. The fraction of sp³-hybridized carbons (Fsp3) is 0.429. The highest BCUT2D eigenvalue weighted by molar-refractivity contribution is 5.99. The van der Waals surface area contributed by atoms with Gasteiger partial charge in [-0.05, 0) is 12.1 Å². The van der Waals surface area contributed by atoms with E-state index in [0.717, 1.165) is 0 Å². The van der Waals surface area contributed by atoms with Gasteiger partial charge in [0.05, 0.1) is 24.0 Å². The highest BCUT2D eigenvalue weighted by Crippen LogP contribution is 2.29. The maximum absolute atomic E-state index is 11.8. The normalized spacial score (nSPS) is 15.1. The second kappa shape index (κ2) is 5.81. The van der Waals surface area contributed by atoms with Crippen LogP contribution in [0.1, 0.15) is 17.3 Å². The molecule has 0 atom stereocenters. The number of amides is 1. The Kier molecular flexibility index (Phi) is 4.12. The first kappa shape index (κ1) is 14.2. The Labute approximate surface area is 118 Å². The lowest BCUT2D eigenvalue weighted by molar-refractivity contribution is -0.129. The molecule has 108 valence electrons. The number of nitrogens with zero attached hydrogens (tertiary/aromatic N) is 2. The van der Waals surface area contributed by atoms with Crippen molar-refractivity contribution in [2.45, 2.75) is 6.92 Å². The number of hydrogen-bond acceptors (Lipinski definition) is 5. The number of anilines is 2. The van der Waals surface area contributed by atoms with Gasteiger partial charge in [0.1, 0.15) is 0 Å². The van der Waals surface area contributed by atoms with Gasteiger partial charge in [-0.1, -0.05) is 6.07 Å². The Bertz CT molecular complexity index is 522. The fourth-order valence-corrected chi connectivity index (χ4v) is 2.43. The Morgan fingerprint density at radius 3 is 2.40 bits per heavy atom. The number of carbonyl (C=O) groups excluding carboxylic acids is 2. The lowest BCUT2D eigenvalue weighted by Gasteiger charge is -2.36. The number of benzene rings is 1. The van der Waals surface area contributed by atoms with Gasteiger partial charge in [-0.2, -0.15) is 0 Å². The molecule has 0 aliphatic carbocycles. The first-order valence-corrected chi connectivity index (χ1v) is 6.52. The average molecular weight is 277 g/mol.